The molecule has 0 aromatic carbocycles. The third-order valence-electron chi connectivity index (χ3n) is 3.80. The second-order valence-corrected chi connectivity index (χ2v) is 8.67. The van der Waals surface area contributed by atoms with E-state index in [0.717, 1.165) is 30.0 Å². The topological polar surface area (TPSA) is 106 Å². The molecule has 1 aliphatic heterocycles. The minimum absolute atomic E-state index is 0.0835. The number of hydrogen-bond donors (Lipinski definition) is 2. The van der Waals surface area contributed by atoms with Gasteiger partial charge in [-0.3, -0.25) is 4.79 Å². The van der Waals surface area contributed by atoms with Gasteiger partial charge < -0.3 is 5.32 Å². The van der Waals surface area contributed by atoms with E-state index in [2.05, 4.69) is 20.1 Å². The summed E-state index contributed by atoms with van der Waals surface area (Å²) in [5.74, 6) is 1.29. The lowest BCUT2D eigenvalue weighted by Gasteiger charge is -2.25. The lowest BCUT2D eigenvalue weighted by atomic mass is 10.1. The zero-order valence-corrected chi connectivity index (χ0v) is 15.0. The maximum absolute atomic E-state index is 12.3. The third-order valence-corrected chi connectivity index (χ3v) is 6.73. The van der Waals surface area contributed by atoms with Gasteiger partial charge in [-0.25, -0.2) is 18.1 Å². The summed E-state index contributed by atoms with van der Waals surface area (Å²) in [4.78, 5) is 16.6. The molecule has 0 spiro atoms. The summed E-state index contributed by atoms with van der Waals surface area (Å²) in [6.45, 7) is 3.92. The van der Waals surface area contributed by atoms with Gasteiger partial charge in [0.25, 0.3) is 10.0 Å². The Morgan fingerprint density at radius 3 is 3.00 bits per heavy atom. The van der Waals surface area contributed by atoms with Gasteiger partial charge in [0.1, 0.15) is 15.9 Å². The number of sulfonamides is 1. The van der Waals surface area contributed by atoms with Gasteiger partial charge in [0.15, 0.2) is 0 Å². The van der Waals surface area contributed by atoms with E-state index in [0.29, 0.717) is 12.4 Å². The standard InChI is InChI=1S/C14H19N5O3S2/c1-9(18-24(21,22)13-4-3-7-23-13)14(20)16-11-5-6-12-15-10(2)17-19(12)8-11/h3-4,7,9,11,18H,5-6,8H2,1-2H3,(H,16,20). The van der Waals surface area contributed by atoms with Crippen molar-refractivity contribution in [2.24, 2.45) is 0 Å². The summed E-state index contributed by atoms with van der Waals surface area (Å²) >= 11 is 1.11. The molecule has 8 nitrogen and oxygen atoms in total. The Bertz CT molecular complexity index is 829. The number of rotatable bonds is 5. The average Bonchev–Trinajstić information content (AvgIpc) is 3.14. The Hall–Kier alpha value is -1.78. The minimum Gasteiger partial charge on any atom is -0.350 e. The van der Waals surface area contributed by atoms with Crippen LogP contribution >= 0.6 is 11.3 Å². The van der Waals surface area contributed by atoms with E-state index in [1.54, 1.807) is 16.1 Å². The largest absolute Gasteiger partial charge is 0.350 e. The second-order valence-electron chi connectivity index (χ2n) is 5.78. The van der Waals surface area contributed by atoms with Crippen LogP contribution < -0.4 is 10.0 Å². The van der Waals surface area contributed by atoms with E-state index >= 15 is 0 Å². The molecule has 0 saturated carbocycles. The van der Waals surface area contributed by atoms with Crippen LogP contribution in [0.2, 0.25) is 0 Å². The molecule has 0 aliphatic carbocycles. The number of aromatic nitrogens is 3. The van der Waals surface area contributed by atoms with Crippen molar-refractivity contribution in [3.8, 4) is 0 Å². The molecular formula is C14H19N5O3S2. The summed E-state index contributed by atoms with van der Waals surface area (Å²) in [5, 5.41) is 8.86. The first-order valence-corrected chi connectivity index (χ1v) is 9.98. The molecule has 2 aromatic heterocycles. The molecule has 3 rings (SSSR count). The van der Waals surface area contributed by atoms with Gasteiger partial charge in [0.2, 0.25) is 5.91 Å². The van der Waals surface area contributed by atoms with Gasteiger partial charge in [-0.15, -0.1) is 11.3 Å². The Morgan fingerprint density at radius 1 is 1.50 bits per heavy atom. The van der Waals surface area contributed by atoms with E-state index in [9.17, 15) is 13.2 Å². The molecule has 3 heterocycles. The molecule has 2 unspecified atom stereocenters. The Kier molecular flexibility index (Phi) is 4.70. The number of nitrogens with zero attached hydrogens (tertiary/aromatic N) is 3. The maximum atomic E-state index is 12.3. The first kappa shape index (κ1) is 17.1. The van der Waals surface area contributed by atoms with E-state index in [1.807, 2.05) is 6.92 Å². The number of carbonyl (C=O) groups is 1. The van der Waals surface area contributed by atoms with Crippen molar-refractivity contribution in [1.29, 1.82) is 0 Å². The lowest BCUT2D eigenvalue weighted by Crippen LogP contribution is -2.50. The molecule has 0 radical (unpaired) electrons. The van der Waals surface area contributed by atoms with E-state index in [4.69, 9.17) is 0 Å². The molecule has 2 N–H and O–H groups in total. The SMILES string of the molecule is Cc1nc2n(n1)CC(NC(=O)C(C)NS(=O)(=O)c1cccs1)CC2. The van der Waals surface area contributed by atoms with Crippen LogP contribution in [0, 0.1) is 6.92 Å². The molecule has 10 heteroatoms. The van der Waals surface area contributed by atoms with Gasteiger partial charge in [-0.2, -0.15) is 9.82 Å². The first-order chi connectivity index (χ1) is 11.3. The number of aryl methyl sites for hydroxylation is 2. The molecule has 130 valence electrons. The predicted octanol–water partition coefficient (Wildman–Crippen LogP) is 0.446. The highest BCUT2D eigenvalue weighted by Gasteiger charge is 2.27. The molecule has 1 aliphatic rings. The Labute approximate surface area is 144 Å². The second kappa shape index (κ2) is 6.61. The molecule has 0 fully saturated rings. The van der Waals surface area contributed by atoms with Gasteiger partial charge >= 0.3 is 0 Å². The van der Waals surface area contributed by atoms with E-state index in [-0.39, 0.29) is 16.2 Å². The summed E-state index contributed by atoms with van der Waals surface area (Å²) in [5.41, 5.74) is 0. The van der Waals surface area contributed by atoms with E-state index in [1.165, 1.54) is 13.0 Å². The van der Waals surface area contributed by atoms with Crippen molar-refractivity contribution in [2.45, 2.75) is 49.5 Å². The highest BCUT2D eigenvalue weighted by Crippen LogP contribution is 2.16. The first-order valence-electron chi connectivity index (χ1n) is 7.61. The van der Waals surface area contributed by atoms with Crippen molar-refractivity contribution in [2.75, 3.05) is 0 Å². The molecule has 0 saturated heterocycles. The van der Waals surface area contributed by atoms with Crippen LogP contribution in [0.3, 0.4) is 0 Å². The summed E-state index contributed by atoms with van der Waals surface area (Å²) in [7, 11) is -3.67. The van der Waals surface area contributed by atoms with Crippen molar-refractivity contribution in [3.63, 3.8) is 0 Å². The predicted molar refractivity (Wildman–Crippen MR) is 89.1 cm³/mol. The van der Waals surface area contributed by atoms with Crippen molar-refractivity contribution >= 4 is 27.3 Å². The minimum atomic E-state index is -3.67. The fraction of sp³-hybridized carbons (Fsp3) is 0.500. The monoisotopic (exact) mass is 369 g/mol. The highest BCUT2D eigenvalue weighted by atomic mass is 32.2. The highest BCUT2D eigenvalue weighted by molar-refractivity contribution is 7.91. The van der Waals surface area contributed by atoms with Crippen LogP contribution in [0.5, 0.6) is 0 Å². The lowest BCUT2D eigenvalue weighted by molar-refractivity contribution is -0.123. The Morgan fingerprint density at radius 2 is 2.29 bits per heavy atom. The summed E-state index contributed by atoms with van der Waals surface area (Å²) in [6.07, 6.45) is 1.50. The average molecular weight is 369 g/mol. The maximum Gasteiger partial charge on any atom is 0.250 e. The zero-order chi connectivity index (χ0) is 17.3. The van der Waals surface area contributed by atoms with Gasteiger partial charge in [0, 0.05) is 12.5 Å². The van der Waals surface area contributed by atoms with Crippen LogP contribution in [0.1, 0.15) is 25.0 Å². The molecular weight excluding hydrogens is 350 g/mol. The third kappa shape index (κ3) is 3.65. The van der Waals surface area contributed by atoms with Crippen LogP contribution in [-0.2, 0) is 27.8 Å². The number of amides is 1. The zero-order valence-electron chi connectivity index (χ0n) is 13.4. The number of hydrogen-bond acceptors (Lipinski definition) is 6. The van der Waals surface area contributed by atoms with Crippen molar-refractivity contribution < 1.29 is 13.2 Å². The molecule has 2 aromatic rings. The molecule has 2 atom stereocenters. The Balaban J connectivity index is 1.59. The quantitative estimate of drug-likeness (QED) is 0.796. The fourth-order valence-electron chi connectivity index (χ4n) is 2.64. The van der Waals surface area contributed by atoms with Crippen molar-refractivity contribution in [1.82, 2.24) is 24.8 Å². The van der Waals surface area contributed by atoms with Crippen molar-refractivity contribution in [3.05, 3.63) is 29.2 Å². The molecule has 24 heavy (non-hydrogen) atoms. The number of carbonyl (C=O) groups excluding carboxylic acids is 1. The fourth-order valence-corrected chi connectivity index (χ4v) is 4.85. The molecule has 1 amide bonds. The van der Waals surface area contributed by atoms with E-state index < -0.39 is 16.1 Å². The van der Waals surface area contributed by atoms with Crippen LogP contribution in [0.4, 0.5) is 0 Å². The number of fused-ring (bicyclic) bond motifs is 1. The number of nitrogens with one attached hydrogen (secondary N) is 2. The number of thiophene rings is 1. The van der Waals surface area contributed by atoms with Gasteiger partial charge in [0.05, 0.1) is 12.6 Å². The van der Waals surface area contributed by atoms with Crippen LogP contribution in [0.25, 0.3) is 0 Å². The van der Waals surface area contributed by atoms with Gasteiger partial charge in [-0.1, -0.05) is 6.07 Å². The smallest absolute Gasteiger partial charge is 0.250 e. The molecule has 0 bridgehead atoms. The normalized spacial score (nSPS) is 18.8. The van der Waals surface area contributed by atoms with Crippen LogP contribution in [0.15, 0.2) is 21.7 Å². The summed E-state index contributed by atoms with van der Waals surface area (Å²) < 4.78 is 28.7. The van der Waals surface area contributed by atoms with Gasteiger partial charge in [-0.05, 0) is 31.7 Å². The van der Waals surface area contributed by atoms with Crippen LogP contribution in [-0.4, -0.2) is 41.2 Å². The summed E-state index contributed by atoms with van der Waals surface area (Å²) in [6, 6.07) is 2.23.